The van der Waals surface area contributed by atoms with Crippen molar-refractivity contribution in [3.63, 3.8) is 0 Å². The summed E-state index contributed by atoms with van der Waals surface area (Å²) in [6, 6.07) is 0. The molecule has 0 aliphatic carbocycles. The van der Waals surface area contributed by atoms with Gasteiger partial charge in [0.1, 0.15) is 0 Å². The molecule has 0 fully saturated rings. The molecule has 0 heterocycles. The number of rotatable bonds is 20. The maximum atomic E-state index is 5.25. The van der Waals surface area contributed by atoms with E-state index in [0.717, 1.165) is 0 Å². The molecule has 0 N–H and O–H groups in total. The van der Waals surface area contributed by atoms with Crippen LogP contribution in [0.15, 0.2) is 0 Å². The summed E-state index contributed by atoms with van der Waals surface area (Å²) in [6.45, 7) is 13.9. The Morgan fingerprint density at radius 1 is 0.484 bits per heavy atom. The van der Waals surface area contributed by atoms with Crippen molar-refractivity contribution in [1.29, 1.82) is 0 Å². The van der Waals surface area contributed by atoms with Gasteiger partial charge in [0.2, 0.25) is 0 Å². The second-order valence-corrected chi connectivity index (χ2v) is 15.0. The zero-order valence-electron chi connectivity index (χ0n) is 18.6. The van der Waals surface area contributed by atoms with Crippen LogP contribution in [0.3, 0.4) is 0 Å². The van der Waals surface area contributed by atoms with Crippen molar-refractivity contribution in [3.05, 3.63) is 0 Å². The average molecular weight is 742 g/mol. The summed E-state index contributed by atoms with van der Waals surface area (Å²) in [5.41, 5.74) is -5.03. The number of ether oxygens (including phenoxy) is 4. The Hall–Kier alpha value is 2.37. The first-order valence-electron chi connectivity index (χ1n) is 9.75. The Labute approximate surface area is 223 Å². The van der Waals surface area contributed by atoms with Crippen LogP contribution in [0.25, 0.3) is 0 Å². The van der Waals surface area contributed by atoms with Crippen LogP contribution in [0.5, 0.6) is 0 Å². The molecule has 0 aromatic heterocycles. The molecule has 0 radical (unpaired) electrons. The van der Waals surface area contributed by atoms with E-state index in [1.165, 1.54) is 0 Å². The van der Waals surface area contributed by atoms with Gasteiger partial charge in [0.15, 0.2) is 0 Å². The fourth-order valence-corrected chi connectivity index (χ4v) is 4.61. The van der Waals surface area contributed by atoms with E-state index in [-0.39, 0.29) is 21.1 Å². The first-order chi connectivity index (χ1) is 14.2. The van der Waals surface area contributed by atoms with E-state index in [4.69, 9.17) is 85.2 Å². The van der Waals surface area contributed by atoms with Crippen molar-refractivity contribution in [3.8, 4) is 0 Å². The molecular weight excluding hydrogens is 705 g/mol. The summed E-state index contributed by atoms with van der Waals surface area (Å²) in [7, 11) is 0. The SMILES string of the molecule is CCOCCOP(=S)([S-])OCCOCC.CCOCCOP(=S)([S-])OCCOCC.[Pt+2]. The van der Waals surface area contributed by atoms with Crippen molar-refractivity contribution in [2.24, 2.45) is 0 Å². The summed E-state index contributed by atoms with van der Waals surface area (Å²) in [4.78, 5) is 0. The van der Waals surface area contributed by atoms with E-state index in [0.29, 0.717) is 79.3 Å². The van der Waals surface area contributed by atoms with Crippen molar-refractivity contribution in [2.75, 3.05) is 79.3 Å². The Morgan fingerprint density at radius 3 is 0.839 bits per heavy atom. The molecule has 0 unspecified atom stereocenters. The Balaban J connectivity index is -0.000000490. The molecule has 0 saturated heterocycles. The first kappa shape index (κ1) is 37.9. The van der Waals surface area contributed by atoms with Crippen LogP contribution in [0.4, 0.5) is 0 Å². The molecule has 0 bridgehead atoms. The zero-order valence-corrected chi connectivity index (χ0v) is 25.9. The summed E-state index contributed by atoms with van der Waals surface area (Å²) in [5.74, 6) is 0. The van der Waals surface area contributed by atoms with E-state index in [1.54, 1.807) is 0 Å². The standard InChI is InChI=1S/2C8H19O4PS2.Pt/c2*1-3-9-5-7-11-13(14,15)12-8-6-10-4-2;/h2*3-8H2,1-2H3,(H,14,15);/q;;+2/p-2. The van der Waals surface area contributed by atoms with Gasteiger partial charge >= 0.3 is 21.1 Å². The molecular formula is C16H36O8P2PtS4. The normalized spacial score (nSPS) is 11.5. The molecule has 0 aromatic rings. The second-order valence-electron chi connectivity index (χ2n) is 5.02. The van der Waals surface area contributed by atoms with Gasteiger partial charge in [0, 0.05) is 26.4 Å². The van der Waals surface area contributed by atoms with Gasteiger partial charge in [0.25, 0.3) is 0 Å². The summed E-state index contributed by atoms with van der Waals surface area (Å²) < 4.78 is 41.4. The third-order valence-electron chi connectivity index (χ3n) is 2.72. The van der Waals surface area contributed by atoms with Gasteiger partial charge in [-0.05, 0) is 27.7 Å². The van der Waals surface area contributed by atoms with Crippen LogP contribution in [0, 0.1) is 0 Å². The summed E-state index contributed by atoms with van der Waals surface area (Å²) in [5, 5.41) is 0. The predicted octanol–water partition coefficient (Wildman–Crippen LogP) is 3.73. The monoisotopic (exact) mass is 741 g/mol. The van der Waals surface area contributed by atoms with Gasteiger partial charge in [0.05, 0.1) is 64.2 Å². The van der Waals surface area contributed by atoms with Crippen molar-refractivity contribution in [2.45, 2.75) is 27.7 Å². The Kier molecular flexibility index (Phi) is 33.0. The maximum absolute atomic E-state index is 5.25. The molecule has 0 aliphatic heterocycles. The van der Waals surface area contributed by atoms with E-state index < -0.39 is 11.4 Å². The summed E-state index contributed by atoms with van der Waals surface area (Å²) in [6.07, 6.45) is 0. The largest absolute Gasteiger partial charge is 2.00 e. The van der Waals surface area contributed by atoms with E-state index in [2.05, 4.69) is 0 Å². The van der Waals surface area contributed by atoms with Crippen molar-refractivity contribution < 1.29 is 58.1 Å². The van der Waals surface area contributed by atoms with E-state index in [9.17, 15) is 0 Å². The quantitative estimate of drug-likeness (QED) is 0.104. The summed E-state index contributed by atoms with van der Waals surface area (Å²) >= 11 is 20.1. The van der Waals surface area contributed by atoms with Gasteiger partial charge < -0.3 is 61.5 Å². The maximum Gasteiger partial charge on any atom is 2.00 e. The average Bonchev–Trinajstić information content (AvgIpc) is 2.70. The number of hydrogen-bond acceptors (Lipinski definition) is 12. The minimum absolute atomic E-state index is 0. The number of hydrogen-bond donors (Lipinski definition) is 0. The second kappa shape index (κ2) is 27.0. The van der Waals surface area contributed by atoms with Crippen molar-refractivity contribution >= 4 is 59.5 Å². The molecule has 31 heavy (non-hydrogen) atoms. The van der Waals surface area contributed by atoms with Gasteiger partial charge in [-0.25, -0.2) is 0 Å². The van der Waals surface area contributed by atoms with Gasteiger partial charge in [-0.2, -0.15) is 0 Å². The molecule has 0 amide bonds. The Bertz CT molecular complexity index is 397. The topological polar surface area (TPSA) is 73.8 Å². The molecule has 0 spiro atoms. The van der Waals surface area contributed by atoms with E-state index >= 15 is 0 Å². The molecule has 8 nitrogen and oxygen atoms in total. The van der Waals surface area contributed by atoms with Crippen molar-refractivity contribution in [1.82, 2.24) is 0 Å². The first-order valence-corrected chi connectivity index (χ1v) is 17.1. The predicted molar refractivity (Wildman–Crippen MR) is 133 cm³/mol. The van der Waals surface area contributed by atoms with E-state index in [1.807, 2.05) is 27.7 Å². The van der Waals surface area contributed by atoms with Crippen LogP contribution < -0.4 is 0 Å². The minimum atomic E-state index is -2.52. The molecule has 0 aromatic carbocycles. The zero-order chi connectivity index (χ0) is 23.1. The molecule has 15 heteroatoms. The fraction of sp³-hybridized carbons (Fsp3) is 1.00. The Morgan fingerprint density at radius 2 is 0.677 bits per heavy atom. The van der Waals surface area contributed by atoms with Crippen LogP contribution in [0.1, 0.15) is 27.7 Å². The third-order valence-corrected chi connectivity index (χ3v) is 7.25. The van der Waals surface area contributed by atoms with Crippen LogP contribution >= 0.6 is 11.4 Å². The van der Waals surface area contributed by atoms with Crippen LogP contribution in [-0.2, 0) is 106 Å². The van der Waals surface area contributed by atoms with Gasteiger partial charge in [-0.15, -0.1) is 0 Å². The van der Waals surface area contributed by atoms with Gasteiger partial charge in [-0.1, -0.05) is 23.6 Å². The minimum Gasteiger partial charge on any atom is -0.691 e. The molecule has 0 aliphatic rings. The van der Waals surface area contributed by atoms with Crippen LogP contribution in [-0.4, -0.2) is 79.3 Å². The molecule has 0 saturated carbocycles. The molecule has 192 valence electrons. The third kappa shape index (κ3) is 32.4. The smallest absolute Gasteiger partial charge is 0.691 e. The van der Waals surface area contributed by atoms with Gasteiger partial charge in [-0.3, -0.25) is 0 Å². The fourth-order valence-electron chi connectivity index (χ4n) is 1.48. The van der Waals surface area contributed by atoms with Crippen LogP contribution in [0.2, 0.25) is 0 Å². The molecule has 0 rings (SSSR count). The molecule has 0 atom stereocenters.